The van der Waals surface area contributed by atoms with E-state index in [0.29, 0.717) is 0 Å². The molecule has 0 aliphatic heterocycles. The quantitative estimate of drug-likeness (QED) is 0.245. The van der Waals surface area contributed by atoms with E-state index in [1.807, 2.05) is 0 Å². The van der Waals surface area contributed by atoms with E-state index >= 15 is 0 Å². The van der Waals surface area contributed by atoms with E-state index in [-0.39, 0.29) is 37.1 Å². The third-order valence-corrected chi connectivity index (χ3v) is 0. The standard InChI is InChI=1S/3H2O4S.2V/c3*1-5(2,3)4;;/h3*(H2,1,2,3,4);;. The van der Waals surface area contributed by atoms with Gasteiger partial charge in [-0.1, -0.05) is 0 Å². The monoisotopic (exact) mass is 396 g/mol. The molecule has 0 aromatic heterocycles. The van der Waals surface area contributed by atoms with E-state index in [4.69, 9.17) is 52.6 Å². The van der Waals surface area contributed by atoms with Crippen LogP contribution in [-0.2, 0) is 68.3 Å². The first kappa shape index (κ1) is 30.7. The van der Waals surface area contributed by atoms with Crippen LogP contribution in [0.15, 0.2) is 0 Å². The molecule has 0 rings (SSSR count). The van der Waals surface area contributed by atoms with Crippen molar-refractivity contribution in [1.29, 1.82) is 0 Å². The van der Waals surface area contributed by atoms with Gasteiger partial charge in [0.2, 0.25) is 0 Å². The second kappa shape index (κ2) is 11.8. The van der Waals surface area contributed by atoms with Gasteiger partial charge in [-0.2, -0.15) is 25.3 Å². The van der Waals surface area contributed by atoms with E-state index in [9.17, 15) is 0 Å². The molecule has 0 amide bonds. The molecule has 0 heterocycles. The van der Waals surface area contributed by atoms with E-state index in [1.165, 1.54) is 0 Å². The van der Waals surface area contributed by atoms with Crippen molar-refractivity contribution in [3.63, 3.8) is 0 Å². The Labute approximate surface area is 120 Å². The van der Waals surface area contributed by atoms with Crippen LogP contribution in [0.1, 0.15) is 0 Å². The first-order valence-corrected chi connectivity index (χ1v) is 6.29. The Morgan fingerprint density at radius 3 is 0.412 bits per heavy atom. The zero-order chi connectivity index (χ0) is 13.5. The fraction of sp³-hybridized carbons (Fsp3) is 0. The maximum Gasteiger partial charge on any atom is 0.394 e. The molecule has 6 N–H and O–H groups in total. The average Bonchev–Trinajstić information content (AvgIpc) is 1.41. The molecule has 0 aliphatic rings. The summed E-state index contributed by atoms with van der Waals surface area (Å²) < 4.78 is 94.8. The van der Waals surface area contributed by atoms with Gasteiger partial charge in [0, 0.05) is 37.1 Å². The Hall–Kier alpha value is 0.779. The summed E-state index contributed by atoms with van der Waals surface area (Å²) in [5, 5.41) is 0. The number of rotatable bonds is 0. The topological polar surface area (TPSA) is 224 Å². The minimum atomic E-state index is -4.67. The maximum atomic E-state index is 8.74. The van der Waals surface area contributed by atoms with Crippen LogP contribution in [0.3, 0.4) is 0 Å². The fourth-order valence-corrected chi connectivity index (χ4v) is 0. The van der Waals surface area contributed by atoms with Crippen LogP contribution in [0.4, 0.5) is 0 Å². The van der Waals surface area contributed by atoms with Crippen molar-refractivity contribution in [3.05, 3.63) is 0 Å². The molecule has 0 saturated carbocycles. The summed E-state index contributed by atoms with van der Waals surface area (Å²) >= 11 is 0. The van der Waals surface area contributed by atoms with E-state index < -0.39 is 31.2 Å². The normalized spacial score (nSPS) is 10.2. The number of hydrogen-bond donors (Lipinski definition) is 6. The summed E-state index contributed by atoms with van der Waals surface area (Å²) in [6.07, 6.45) is 0. The van der Waals surface area contributed by atoms with Crippen molar-refractivity contribution in [2.75, 3.05) is 0 Å². The minimum absolute atomic E-state index is 0. The SMILES string of the molecule is O=S(=O)(O)O.O=S(=O)(O)O.O=S(=O)(O)O.[V].[V]. The molecule has 0 aromatic carbocycles. The Bertz CT molecular complexity index is 341. The van der Waals surface area contributed by atoms with Gasteiger partial charge in [0.15, 0.2) is 0 Å². The predicted octanol–water partition coefficient (Wildman–Crippen LogP) is -1.96. The molecule has 0 unspecified atom stereocenters. The molecule has 0 fully saturated rings. The van der Waals surface area contributed by atoms with Crippen molar-refractivity contribution >= 4 is 31.2 Å². The van der Waals surface area contributed by atoms with Gasteiger partial charge in [-0.25, -0.2) is 0 Å². The van der Waals surface area contributed by atoms with Crippen molar-refractivity contribution < 1.29 is 89.7 Å². The molecule has 17 heavy (non-hydrogen) atoms. The van der Waals surface area contributed by atoms with Gasteiger partial charge >= 0.3 is 31.2 Å². The van der Waals surface area contributed by atoms with E-state index in [0.717, 1.165) is 0 Å². The molecule has 0 bridgehead atoms. The molecule has 0 aromatic rings. The van der Waals surface area contributed by atoms with Gasteiger partial charge < -0.3 is 0 Å². The van der Waals surface area contributed by atoms with Crippen molar-refractivity contribution in [1.82, 2.24) is 0 Å². The van der Waals surface area contributed by atoms with Crippen LogP contribution in [-0.4, -0.2) is 52.6 Å². The van der Waals surface area contributed by atoms with E-state index in [1.54, 1.807) is 0 Å². The molecular weight excluding hydrogens is 390 g/mol. The molecular formula is H6O12S3V2. The van der Waals surface area contributed by atoms with Crippen molar-refractivity contribution in [2.24, 2.45) is 0 Å². The zero-order valence-electron chi connectivity index (χ0n) is 7.25. The maximum absolute atomic E-state index is 8.74. The molecule has 0 atom stereocenters. The summed E-state index contributed by atoms with van der Waals surface area (Å²) in [6.45, 7) is 0. The van der Waals surface area contributed by atoms with Crippen LogP contribution < -0.4 is 0 Å². The number of hydrogen-bond acceptors (Lipinski definition) is 6. The van der Waals surface area contributed by atoms with Crippen LogP contribution in [0.2, 0.25) is 0 Å². The summed E-state index contributed by atoms with van der Waals surface area (Å²) in [7, 11) is -14.0. The summed E-state index contributed by atoms with van der Waals surface area (Å²) in [4.78, 5) is 0. The Kier molecular flexibility index (Phi) is 21.4. The average molecular weight is 396 g/mol. The third kappa shape index (κ3) is 6040. The van der Waals surface area contributed by atoms with Crippen LogP contribution in [0, 0.1) is 0 Å². The van der Waals surface area contributed by atoms with Crippen LogP contribution in [0.25, 0.3) is 0 Å². The van der Waals surface area contributed by atoms with Gasteiger partial charge in [-0.15, -0.1) is 0 Å². The molecule has 2 radical (unpaired) electrons. The first-order chi connectivity index (χ1) is 6.00. The van der Waals surface area contributed by atoms with E-state index in [2.05, 4.69) is 0 Å². The summed E-state index contributed by atoms with van der Waals surface area (Å²) in [5.74, 6) is 0. The Morgan fingerprint density at radius 2 is 0.412 bits per heavy atom. The van der Waals surface area contributed by atoms with Crippen molar-refractivity contribution in [2.45, 2.75) is 0 Å². The Balaban J connectivity index is -0.0000000400. The Morgan fingerprint density at radius 1 is 0.412 bits per heavy atom. The third-order valence-electron chi connectivity index (χ3n) is 0. The van der Waals surface area contributed by atoms with Gasteiger partial charge in [0.25, 0.3) is 0 Å². The molecule has 106 valence electrons. The minimum Gasteiger partial charge on any atom is -0.264 e. The van der Waals surface area contributed by atoms with Gasteiger partial charge in [-0.05, 0) is 0 Å². The largest absolute Gasteiger partial charge is 0.394 e. The molecule has 0 aliphatic carbocycles. The summed E-state index contributed by atoms with van der Waals surface area (Å²) in [6, 6.07) is 0. The first-order valence-electron chi connectivity index (χ1n) is 2.10. The van der Waals surface area contributed by atoms with Gasteiger partial charge in [0.05, 0.1) is 0 Å². The smallest absolute Gasteiger partial charge is 0.264 e. The van der Waals surface area contributed by atoms with Gasteiger partial charge in [-0.3, -0.25) is 27.3 Å². The molecule has 0 spiro atoms. The van der Waals surface area contributed by atoms with Crippen LogP contribution >= 0.6 is 0 Å². The predicted molar refractivity (Wildman–Crippen MR) is 42.5 cm³/mol. The van der Waals surface area contributed by atoms with Crippen LogP contribution in [0.5, 0.6) is 0 Å². The zero-order valence-corrected chi connectivity index (χ0v) is 12.5. The second-order valence-electron chi connectivity index (χ2n) is 1.34. The second-order valence-corrected chi connectivity index (χ2v) is 4.03. The van der Waals surface area contributed by atoms with Crippen molar-refractivity contribution in [3.8, 4) is 0 Å². The summed E-state index contributed by atoms with van der Waals surface area (Å²) in [5.41, 5.74) is 0. The molecule has 0 saturated heterocycles. The molecule has 12 nitrogen and oxygen atoms in total. The molecule has 17 heteroatoms. The van der Waals surface area contributed by atoms with Gasteiger partial charge in [0.1, 0.15) is 0 Å². The fourth-order valence-electron chi connectivity index (χ4n) is 0.